The highest BCUT2D eigenvalue weighted by Gasteiger charge is 2.79. The number of carbonyl (C=O) groups is 2. The molecule has 7 nitrogen and oxygen atoms in total. The zero-order valence-electron chi connectivity index (χ0n) is 23.1. The van der Waals surface area contributed by atoms with Crippen LogP contribution in [0.2, 0.25) is 0 Å². The number of rotatable bonds is 6. The molecule has 7 heteroatoms. The number of hydrogen-bond donors (Lipinski definition) is 1. The van der Waals surface area contributed by atoms with Crippen LogP contribution in [0.15, 0.2) is 35.4 Å². The van der Waals surface area contributed by atoms with Crippen molar-refractivity contribution in [3.05, 3.63) is 46.6 Å². The number of carbonyl (C=O) groups excluding carboxylic acids is 2. The third kappa shape index (κ3) is 3.15. The summed E-state index contributed by atoms with van der Waals surface area (Å²) < 4.78 is 19.6. The number of Topliss-reactive ketones (excluding diaryl/α,β-unsaturated/α-hetero) is 2. The second kappa shape index (κ2) is 8.30. The van der Waals surface area contributed by atoms with Crippen LogP contribution in [0.5, 0.6) is 17.2 Å². The Morgan fingerprint density at radius 3 is 2.58 bits per heavy atom. The molecule has 1 saturated carbocycles. The van der Waals surface area contributed by atoms with Crippen LogP contribution >= 0.6 is 0 Å². The fraction of sp³-hybridized carbons (Fsp3) is 0.548. The van der Waals surface area contributed by atoms with Crippen molar-refractivity contribution >= 4 is 17.6 Å². The number of aromatic hydroxyl groups is 1. The number of fused-ring (bicyclic) bond motifs is 2. The first kappa shape index (κ1) is 25.4. The molecule has 38 heavy (non-hydrogen) atoms. The lowest BCUT2D eigenvalue weighted by molar-refractivity contribution is -0.171. The molecule has 2 fully saturated rings. The molecule has 0 radical (unpaired) electrons. The maximum absolute atomic E-state index is 14.3. The van der Waals surface area contributed by atoms with E-state index in [-0.39, 0.29) is 40.5 Å². The fourth-order valence-corrected chi connectivity index (χ4v) is 7.30. The molecular weight excluding hydrogens is 482 g/mol. The van der Waals surface area contributed by atoms with Gasteiger partial charge >= 0.3 is 0 Å². The molecular formula is C31H37NO6. The van der Waals surface area contributed by atoms with E-state index in [2.05, 4.69) is 18.7 Å². The van der Waals surface area contributed by atoms with Gasteiger partial charge in [0.1, 0.15) is 28.4 Å². The maximum Gasteiger partial charge on any atom is 0.200 e. The molecule has 7 rings (SSSR count). The summed E-state index contributed by atoms with van der Waals surface area (Å²) >= 11 is 0. The van der Waals surface area contributed by atoms with Gasteiger partial charge in [-0.1, -0.05) is 31.6 Å². The van der Waals surface area contributed by atoms with Crippen molar-refractivity contribution in [1.29, 1.82) is 0 Å². The first-order valence-electron chi connectivity index (χ1n) is 13.8. The van der Waals surface area contributed by atoms with Crippen molar-refractivity contribution in [3.63, 3.8) is 0 Å². The standard InChI is InChI=1S/C31H37NO6/c1-7-32(8-2)15-20-19-13-21-27(34)25-24(14-23-18(26(25)33)10-11-29(5,6)37-23)38-31(21)22(20)16-36-30(31,28(19)35)12-9-17(3)4/h9-11,13-14,19-20,22,33H,7-8,12,15-16H2,1-6H3/t19-,20+,22-,30+,31-/m1/s1. The van der Waals surface area contributed by atoms with Crippen molar-refractivity contribution in [2.24, 2.45) is 17.8 Å². The monoisotopic (exact) mass is 519 g/mol. The molecule has 1 N–H and O–H groups in total. The number of hydrogen-bond acceptors (Lipinski definition) is 7. The van der Waals surface area contributed by atoms with E-state index < -0.39 is 22.7 Å². The molecule has 202 valence electrons. The molecule has 1 aromatic rings. The number of ketones is 2. The van der Waals surface area contributed by atoms with Crippen molar-refractivity contribution in [3.8, 4) is 17.2 Å². The molecule has 1 saturated heterocycles. The predicted octanol–water partition coefficient (Wildman–Crippen LogP) is 4.73. The first-order valence-corrected chi connectivity index (χ1v) is 13.8. The van der Waals surface area contributed by atoms with Gasteiger partial charge in [0.25, 0.3) is 0 Å². The molecule has 4 bridgehead atoms. The van der Waals surface area contributed by atoms with E-state index in [1.165, 1.54) is 0 Å². The van der Waals surface area contributed by atoms with E-state index >= 15 is 0 Å². The normalized spacial score (nSPS) is 33.2. The van der Waals surface area contributed by atoms with Gasteiger partial charge in [-0.15, -0.1) is 0 Å². The summed E-state index contributed by atoms with van der Waals surface area (Å²) in [7, 11) is 0. The van der Waals surface area contributed by atoms with Gasteiger partial charge < -0.3 is 24.2 Å². The van der Waals surface area contributed by atoms with Crippen LogP contribution in [0.25, 0.3) is 6.08 Å². The Labute approximate surface area is 224 Å². The summed E-state index contributed by atoms with van der Waals surface area (Å²) in [5, 5.41) is 11.3. The quantitative estimate of drug-likeness (QED) is 0.544. The molecule has 5 atom stereocenters. The lowest BCUT2D eigenvalue weighted by Crippen LogP contribution is -2.74. The van der Waals surface area contributed by atoms with E-state index in [1.54, 1.807) is 12.1 Å². The Morgan fingerprint density at radius 1 is 1.16 bits per heavy atom. The molecule has 1 spiro atoms. The fourth-order valence-electron chi connectivity index (χ4n) is 7.30. The topological polar surface area (TPSA) is 85.3 Å². The highest BCUT2D eigenvalue weighted by atomic mass is 16.6. The van der Waals surface area contributed by atoms with Crippen LogP contribution in [0.4, 0.5) is 0 Å². The molecule has 0 unspecified atom stereocenters. The van der Waals surface area contributed by atoms with Crippen LogP contribution < -0.4 is 9.47 Å². The highest BCUT2D eigenvalue weighted by Crippen LogP contribution is 2.65. The van der Waals surface area contributed by atoms with Gasteiger partial charge in [-0.3, -0.25) is 9.59 Å². The smallest absolute Gasteiger partial charge is 0.200 e. The second-order valence-corrected chi connectivity index (χ2v) is 12.1. The molecule has 1 aromatic carbocycles. The SMILES string of the molecule is CCN(CC)C[C@@H]1[C@H]2CO[C@@]3(CC=C(C)C)C(=O)[C@@H]1C=C1C(=O)c4c(cc5c(c4O)C=CC(C)(C)O5)O[C@]123. The van der Waals surface area contributed by atoms with Crippen LogP contribution in [0.1, 0.15) is 63.9 Å². The predicted molar refractivity (Wildman–Crippen MR) is 144 cm³/mol. The van der Waals surface area contributed by atoms with Crippen molar-refractivity contribution in [2.75, 3.05) is 26.2 Å². The number of allylic oxidation sites excluding steroid dienone is 2. The van der Waals surface area contributed by atoms with Gasteiger partial charge in [0, 0.05) is 36.4 Å². The maximum atomic E-state index is 14.3. The average Bonchev–Trinajstić information content (AvgIpc) is 3.14. The van der Waals surface area contributed by atoms with Gasteiger partial charge in [-0.2, -0.15) is 0 Å². The van der Waals surface area contributed by atoms with E-state index in [4.69, 9.17) is 14.2 Å². The first-order chi connectivity index (χ1) is 18.0. The minimum absolute atomic E-state index is 0.0107. The van der Waals surface area contributed by atoms with Gasteiger partial charge in [0.2, 0.25) is 0 Å². The Kier molecular flexibility index (Phi) is 5.54. The average molecular weight is 520 g/mol. The van der Waals surface area contributed by atoms with Crippen molar-refractivity contribution < 1.29 is 28.9 Å². The van der Waals surface area contributed by atoms with E-state index in [9.17, 15) is 14.7 Å². The van der Waals surface area contributed by atoms with Crippen LogP contribution in [-0.2, 0) is 9.53 Å². The largest absolute Gasteiger partial charge is 0.506 e. The lowest BCUT2D eigenvalue weighted by Gasteiger charge is -2.58. The summed E-state index contributed by atoms with van der Waals surface area (Å²) in [6, 6.07) is 1.71. The van der Waals surface area contributed by atoms with Crippen molar-refractivity contribution in [2.45, 2.75) is 64.8 Å². The van der Waals surface area contributed by atoms with Crippen LogP contribution in [-0.4, -0.2) is 64.6 Å². The Bertz CT molecular complexity index is 1330. The summed E-state index contributed by atoms with van der Waals surface area (Å²) in [5.41, 5.74) is -1.01. The summed E-state index contributed by atoms with van der Waals surface area (Å²) in [6.07, 6.45) is 7.83. The van der Waals surface area contributed by atoms with E-state index in [0.29, 0.717) is 29.9 Å². The zero-order valence-corrected chi connectivity index (χ0v) is 23.1. The van der Waals surface area contributed by atoms with Gasteiger partial charge in [0.15, 0.2) is 22.8 Å². The second-order valence-electron chi connectivity index (χ2n) is 12.1. The van der Waals surface area contributed by atoms with E-state index in [0.717, 1.165) is 25.2 Å². The van der Waals surface area contributed by atoms with Gasteiger partial charge in [-0.25, -0.2) is 0 Å². The number of nitrogens with zero attached hydrogens (tertiary/aromatic N) is 1. The molecule has 3 heterocycles. The highest BCUT2D eigenvalue weighted by molar-refractivity contribution is 6.18. The van der Waals surface area contributed by atoms with Crippen molar-refractivity contribution in [1.82, 2.24) is 4.90 Å². The third-order valence-electron chi connectivity index (χ3n) is 9.25. The molecule has 0 amide bonds. The minimum Gasteiger partial charge on any atom is -0.506 e. The minimum atomic E-state index is -1.29. The lowest BCUT2D eigenvalue weighted by atomic mass is 9.49. The molecule has 3 aliphatic carbocycles. The number of benzene rings is 1. The summed E-state index contributed by atoms with van der Waals surface area (Å²) in [6.45, 7) is 14.9. The Morgan fingerprint density at radius 2 is 1.89 bits per heavy atom. The zero-order chi connectivity index (χ0) is 27.2. The van der Waals surface area contributed by atoms with Gasteiger partial charge in [0.05, 0.1) is 12.2 Å². The number of ether oxygens (including phenoxy) is 3. The third-order valence-corrected chi connectivity index (χ3v) is 9.25. The Balaban J connectivity index is 1.56. The summed E-state index contributed by atoms with van der Waals surface area (Å²) in [4.78, 5) is 30.9. The molecule has 0 aromatic heterocycles. The number of phenols is 1. The van der Waals surface area contributed by atoms with Crippen LogP contribution in [0, 0.1) is 17.8 Å². The van der Waals surface area contributed by atoms with E-state index in [1.807, 2.05) is 45.9 Å². The van der Waals surface area contributed by atoms with Gasteiger partial charge in [-0.05, 0) is 58.9 Å². The number of phenolic OH excluding ortho intramolecular Hbond substituents is 1. The molecule has 6 aliphatic rings. The Hall–Kier alpha value is -2.90. The van der Waals surface area contributed by atoms with Crippen LogP contribution in [0.3, 0.4) is 0 Å². The summed E-state index contributed by atoms with van der Waals surface area (Å²) in [5.74, 6) is -0.401. The molecule has 3 aliphatic heterocycles.